The van der Waals surface area contributed by atoms with Crippen LogP contribution in [0.3, 0.4) is 0 Å². The summed E-state index contributed by atoms with van der Waals surface area (Å²) in [5.74, 6) is 6.09. The van der Waals surface area contributed by atoms with E-state index < -0.39 is 0 Å². The molecule has 1 aromatic heterocycles. The second kappa shape index (κ2) is 6.48. The Kier molecular flexibility index (Phi) is 4.69. The fourth-order valence-corrected chi connectivity index (χ4v) is 1.95. The molecular formula is C11H20N6O2. The van der Waals surface area contributed by atoms with Crippen molar-refractivity contribution in [3.63, 3.8) is 0 Å². The van der Waals surface area contributed by atoms with Gasteiger partial charge in [0, 0.05) is 13.1 Å². The Balaban J connectivity index is 2.17. The smallest absolute Gasteiger partial charge is 0.323 e. The second-order valence-corrected chi connectivity index (χ2v) is 4.48. The van der Waals surface area contributed by atoms with E-state index in [4.69, 9.17) is 10.6 Å². The molecule has 0 bridgehead atoms. The molecule has 2 heterocycles. The van der Waals surface area contributed by atoms with Gasteiger partial charge in [0.25, 0.3) is 0 Å². The van der Waals surface area contributed by atoms with Crippen molar-refractivity contribution >= 4 is 11.9 Å². The zero-order valence-electron chi connectivity index (χ0n) is 11.0. The van der Waals surface area contributed by atoms with E-state index in [-0.39, 0.29) is 18.1 Å². The number of hydrogen-bond donors (Lipinski definition) is 3. The van der Waals surface area contributed by atoms with Crippen LogP contribution in [0.15, 0.2) is 0 Å². The van der Waals surface area contributed by atoms with Crippen molar-refractivity contribution in [3.8, 4) is 6.01 Å². The van der Waals surface area contributed by atoms with Crippen LogP contribution in [0.5, 0.6) is 6.01 Å². The van der Waals surface area contributed by atoms with Crippen LogP contribution in [-0.4, -0.2) is 45.9 Å². The first kappa shape index (κ1) is 13.8. The third-order valence-electron chi connectivity index (χ3n) is 2.85. The SMILES string of the molecule is CCCOc1nc(NN)nc(N2CCCC(O)C2)n1. The number of ether oxygens (including phenoxy) is 1. The summed E-state index contributed by atoms with van der Waals surface area (Å²) in [5.41, 5.74) is 2.40. The van der Waals surface area contributed by atoms with Crippen LogP contribution in [-0.2, 0) is 0 Å². The number of nitrogen functional groups attached to an aromatic ring is 1. The monoisotopic (exact) mass is 268 g/mol. The number of aliphatic hydroxyl groups excluding tert-OH is 1. The van der Waals surface area contributed by atoms with Gasteiger partial charge in [-0.3, -0.25) is 5.43 Å². The number of rotatable bonds is 5. The maximum atomic E-state index is 9.69. The number of β-amino-alcohol motifs (C(OH)–C–C–N with tert-alkyl or cyclic N) is 1. The van der Waals surface area contributed by atoms with Gasteiger partial charge >= 0.3 is 6.01 Å². The first-order chi connectivity index (χ1) is 9.22. The Labute approximate surface area is 112 Å². The van der Waals surface area contributed by atoms with Crippen molar-refractivity contribution in [1.82, 2.24) is 15.0 Å². The molecule has 0 amide bonds. The number of hydrazine groups is 1. The highest BCUT2D eigenvalue weighted by Gasteiger charge is 2.21. The van der Waals surface area contributed by atoms with E-state index in [0.29, 0.717) is 19.1 Å². The van der Waals surface area contributed by atoms with Crippen molar-refractivity contribution in [2.45, 2.75) is 32.3 Å². The van der Waals surface area contributed by atoms with Gasteiger partial charge in [-0.05, 0) is 19.3 Å². The first-order valence-corrected chi connectivity index (χ1v) is 6.51. The van der Waals surface area contributed by atoms with Crippen LogP contribution in [0.1, 0.15) is 26.2 Å². The first-order valence-electron chi connectivity index (χ1n) is 6.51. The fourth-order valence-electron chi connectivity index (χ4n) is 1.95. The predicted octanol–water partition coefficient (Wildman–Crippen LogP) is -0.0929. The summed E-state index contributed by atoms with van der Waals surface area (Å²) in [7, 11) is 0. The summed E-state index contributed by atoms with van der Waals surface area (Å²) in [5, 5.41) is 9.69. The van der Waals surface area contributed by atoms with Crippen molar-refractivity contribution in [3.05, 3.63) is 0 Å². The van der Waals surface area contributed by atoms with E-state index in [2.05, 4.69) is 20.4 Å². The van der Waals surface area contributed by atoms with Crippen LogP contribution in [0.25, 0.3) is 0 Å². The van der Waals surface area contributed by atoms with Gasteiger partial charge in [-0.15, -0.1) is 0 Å². The molecule has 1 fully saturated rings. The number of nitrogens with one attached hydrogen (secondary N) is 1. The number of nitrogens with zero attached hydrogens (tertiary/aromatic N) is 4. The lowest BCUT2D eigenvalue weighted by Crippen LogP contribution is -2.39. The van der Waals surface area contributed by atoms with Crippen LogP contribution in [0.4, 0.5) is 11.9 Å². The Hall–Kier alpha value is -1.67. The molecule has 0 saturated carbocycles. The summed E-state index contributed by atoms with van der Waals surface area (Å²) in [6.07, 6.45) is 2.24. The molecule has 0 aromatic carbocycles. The van der Waals surface area contributed by atoms with Gasteiger partial charge in [-0.2, -0.15) is 15.0 Å². The molecule has 0 spiro atoms. The number of aromatic nitrogens is 3. The summed E-state index contributed by atoms with van der Waals surface area (Å²) < 4.78 is 5.41. The van der Waals surface area contributed by atoms with Crippen LogP contribution in [0.2, 0.25) is 0 Å². The molecule has 106 valence electrons. The fraction of sp³-hybridized carbons (Fsp3) is 0.727. The molecule has 1 saturated heterocycles. The third kappa shape index (κ3) is 3.65. The Bertz CT molecular complexity index is 416. The molecular weight excluding hydrogens is 248 g/mol. The molecule has 2 rings (SSSR count). The van der Waals surface area contributed by atoms with Crippen molar-refractivity contribution in [2.24, 2.45) is 5.84 Å². The highest BCUT2D eigenvalue weighted by Crippen LogP contribution is 2.19. The minimum absolute atomic E-state index is 0.250. The molecule has 1 aliphatic rings. The molecule has 1 atom stereocenters. The van der Waals surface area contributed by atoms with E-state index in [1.165, 1.54) is 0 Å². The maximum Gasteiger partial charge on any atom is 0.323 e. The van der Waals surface area contributed by atoms with E-state index in [0.717, 1.165) is 25.8 Å². The van der Waals surface area contributed by atoms with Crippen molar-refractivity contribution in [1.29, 1.82) is 0 Å². The molecule has 0 radical (unpaired) electrons. The minimum Gasteiger partial charge on any atom is -0.463 e. The van der Waals surface area contributed by atoms with Gasteiger partial charge in [0.1, 0.15) is 0 Å². The van der Waals surface area contributed by atoms with Crippen LogP contribution in [0, 0.1) is 0 Å². The minimum atomic E-state index is -0.347. The zero-order chi connectivity index (χ0) is 13.7. The summed E-state index contributed by atoms with van der Waals surface area (Å²) in [6, 6.07) is 0.250. The Morgan fingerprint density at radius 1 is 1.47 bits per heavy atom. The molecule has 8 nitrogen and oxygen atoms in total. The number of anilines is 2. The van der Waals surface area contributed by atoms with Crippen LogP contribution < -0.4 is 20.9 Å². The van der Waals surface area contributed by atoms with Gasteiger partial charge < -0.3 is 14.7 Å². The lowest BCUT2D eigenvalue weighted by Gasteiger charge is -2.30. The van der Waals surface area contributed by atoms with Crippen molar-refractivity contribution < 1.29 is 9.84 Å². The van der Waals surface area contributed by atoms with Gasteiger partial charge in [-0.25, -0.2) is 5.84 Å². The summed E-state index contributed by atoms with van der Waals surface area (Å²) in [6.45, 7) is 3.86. The highest BCUT2D eigenvalue weighted by molar-refractivity contribution is 5.38. The van der Waals surface area contributed by atoms with Crippen molar-refractivity contribution in [2.75, 3.05) is 30.0 Å². The molecule has 4 N–H and O–H groups in total. The van der Waals surface area contributed by atoms with E-state index in [1.54, 1.807) is 0 Å². The largest absolute Gasteiger partial charge is 0.463 e. The highest BCUT2D eigenvalue weighted by atomic mass is 16.5. The number of nitrogens with two attached hydrogens (primary N) is 1. The van der Waals surface area contributed by atoms with Gasteiger partial charge in [0.05, 0.1) is 12.7 Å². The number of aliphatic hydroxyl groups is 1. The Morgan fingerprint density at radius 2 is 2.32 bits per heavy atom. The predicted molar refractivity (Wildman–Crippen MR) is 70.9 cm³/mol. The molecule has 8 heteroatoms. The molecule has 1 unspecified atom stereocenters. The number of hydrogen-bond acceptors (Lipinski definition) is 8. The molecule has 1 aliphatic heterocycles. The molecule has 0 aliphatic carbocycles. The zero-order valence-corrected chi connectivity index (χ0v) is 11.0. The van der Waals surface area contributed by atoms with Crippen LogP contribution >= 0.6 is 0 Å². The average molecular weight is 268 g/mol. The summed E-state index contributed by atoms with van der Waals surface area (Å²) >= 11 is 0. The quantitative estimate of drug-likeness (QED) is 0.502. The lowest BCUT2D eigenvalue weighted by atomic mass is 10.1. The van der Waals surface area contributed by atoms with Gasteiger partial charge in [0.15, 0.2) is 0 Å². The molecule has 1 aromatic rings. The summed E-state index contributed by atoms with van der Waals surface area (Å²) in [4.78, 5) is 14.4. The topological polar surface area (TPSA) is 109 Å². The average Bonchev–Trinajstić information content (AvgIpc) is 2.44. The van der Waals surface area contributed by atoms with Gasteiger partial charge in [-0.1, -0.05) is 6.92 Å². The standard InChI is InChI=1S/C11H20N6O2/c1-2-6-19-11-14-9(16-12)13-10(15-11)17-5-3-4-8(18)7-17/h8,18H,2-7,12H2,1H3,(H,13,14,15,16). The second-order valence-electron chi connectivity index (χ2n) is 4.48. The van der Waals surface area contributed by atoms with E-state index >= 15 is 0 Å². The normalized spacial score (nSPS) is 19.3. The molecule has 19 heavy (non-hydrogen) atoms. The lowest BCUT2D eigenvalue weighted by molar-refractivity contribution is 0.153. The van der Waals surface area contributed by atoms with Gasteiger partial charge in [0.2, 0.25) is 11.9 Å². The van der Waals surface area contributed by atoms with E-state index in [1.807, 2.05) is 11.8 Å². The third-order valence-corrected chi connectivity index (χ3v) is 2.85. The maximum absolute atomic E-state index is 9.69. The Morgan fingerprint density at radius 3 is 3.00 bits per heavy atom. The van der Waals surface area contributed by atoms with E-state index in [9.17, 15) is 5.11 Å². The number of piperidine rings is 1.